The van der Waals surface area contributed by atoms with Gasteiger partial charge in [-0.1, -0.05) is 60.7 Å². The largest absolute Gasteiger partial charge is 0.494 e. The SMILES string of the molecule is CN(C)c1ccc(CN(CCO)Cc2ccc3cc(OCCCCCc4ccccc4)ccc3c2)cc1. The molecule has 37 heavy (non-hydrogen) atoms. The highest BCUT2D eigenvalue weighted by atomic mass is 16.5. The Bertz CT molecular complexity index is 1220. The first-order valence-electron chi connectivity index (χ1n) is 13.4. The van der Waals surface area contributed by atoms with E-state index in [2.05, 4.69) is 115 Å². The van der Waals surface area contributed by atoms with Crippen LogP contribution >= 0.6 is 0 Å². The highest BCUT2D eigenvalue weighted by Gasteiger charge is 2.09. The molecule has 0 fully saturated rings. The van der Waals surface area contributed by atoms with Gasteiger partial charge in [0.1, 0.15) is 5.75 Å². The molecule has 0 bridgehead atoms. The minimum Gasteiger partial charge on any atom is -0.494 e. The predicted octanol–water partition coefficient (Wildman–Crippen LogP) is 6.69. The molecule has 194 valence electrons. The van der Waals surface area contributed by atoms with Crippen molar-refractivity contribution >= 4 is 16.5 Å². The van der Waals surface area contributed by atoms with Gasteiger partial charge in [-0.15, -0.1) is 0 Å². The predicted molar refractivity (Wildman–Crippen MR) is 155 cm³/mol. The Hall–Kier alpha value is -3.34. The molecule has 0 aliphatic carbocycles. The summed E-state index contributed by atoms with van der Waals surface area (Å²) < 4.78 is 6.04. The maximum atomic E-state index is 9.62. The van der Waals surface area contributed by atoms with Crippen molar-refractivity contribution < 1.29 is 9.84 Å². The Kier molecular flexibility index (Phi) is 9.98. The highest BCUT2D eigenvalue weighted by molar-refractivity contribution is 5.84. The third-order valence-corrected chi connectivity index (χ3v) is 6.78. The molecule has 0 radical (unpaired) electrons. The van der Waals surface area contributed by atoms with Gasteiger partial charge in [0, 0.05) is 39.4 Å². The number of rotatable bonds is 14. The molecule has 0 heterocycles. The van der Waals surface area contributed by atoms with Gasteiger partial charge in [0.2, 0.25) is 0 Å². The molecule has 4 heteroatoms. The Morgan fingerprint density at radius 2 is 1.38 bits per heavy atom. The van der Waals surface area contributed by atoms with Crippen LogP contribution in [0.3, 0.4) is 0 Å². The fourth-order valence-electron chi connectivity index (χ4n) is 4.68. The van der Waals surface area contributed by atoms with Crippen molar-refractivity contribution in [3.63, 3.8) is 0 Å². The van der Waals surface area contributed by atoms with Crippen molar-refractivity contribution in [2.24, 2.45) is 0 Å². The first-order chi connectivity index (χ1) is 18.1. The topological polar surface area (TPSA) is 35.9 Å². The van der Waals surface area contributed by atoms with E-state index in [1.54, 1.807) is 0 Å². The molecule has 0 aromatic heterocycles. The van der Waals surface area contributed by atoms with E-state index >= 15 is 0 Å². The van der Waals surface area contributed by atoms with Gasteiger partial charge < -0.3 is 14.7 Å². The molecule has 0 saturated carbocycles. The van der Waals surface area contributed by atoms with Crippen molar-refractivity contribution in [3.05, 3.63) is 108 Å². The highest BCUT2D eigenvalue weighted by Crippen LogP contribution is 2.24. The Morgan fingerprint density at radius 3 is 2.14 bits per heavy atom. The van der Waals surface area contributed by atoms with Gasteiger partial charge in [-0.3, -0.25) is 4.90 Å². The summed E-state index contributed by atoms with van der Waals surface area (Å²) >= 11 is 0. The van der Waals surface area contributed by atoms with Crippen LogP contribution in [0.15, 0.2) is 91.0 Å². The number of unbranched alkanes of at least 4 members (excludes halogenated alkanes) is 2. The van der Waals surface area contributed by atoms with Gasteiger partial charge in [-0.05, 0) is 83.5 Å². The lowest BCUT2D eigenvalue weighted by molar-refractivity contribution is 0.184. The van der Waals surface area contributed by atoms with Gasteiger partial charge in [-0.2, -0.15) is 0 Å². The van der Waals surface area contributed by atoms with E-state index in [9.17, 15) is 5.11 Å². The normalized spacial score (nSPS) is 11.2. The molecular formula is C33H40N2O2. The van der Waals surface area contributed by atoms with Crippen molar-refractivity contribution in [1.29, 1.82) is 0 Å². The summed E-state index contributed by atoms with van der Waals surface area (Å²) in [5, 5.41) is 12.0. The van der Waals surface area contributed by atoms with Crippen LogP contribution in [0.25, 0.3) is 10.8 Å². The number of anilines is 1. The number of aliphatic hydroxyl groups excluding tert-OH is 1. The van der Waals surface area contributed by atoms with Gasteiger partial charge in [-0.25, -0.2) is 0 Å². The van der Waals surface area contributed by atoms with E-state index in [0.717, 1.165) is 38.3 Å². The molecule has 4 aromatic rings. The van der Waals surface area contributed by atoms with Gasteiger partial charge in [0.15, 0.2) is 0 Å². The van der Waals surface area contributed by atoms with E-state index in [4.69, 9.17) is 4.74 Å². The number of aliphatic hydroxyl groups is 1. The zero-order chi connectivity index (χ0) is 25.9. The number of ether oxygens (including phenoxy) is 1. The van der Waals surface area contributed by atoms with E-state index < -0.39 is 0 Å². The second kappa shape index (κ2) is 13.8. The number of hydrogen-bond donors (Lipinski definition) is 1. The van der Waals surface area contributed by atoms with Crippen molar-refractivity contribution in [1.82, 2.24) is 4.90 Å². The van der Waals surface area contributed by atoms with Crippen LogP contribution in [0, 0.1) is 0 Å². The second-order valence-corrected chi connectivity index (χ2v) is 9.98. The lowest BCUT2D eigenvalue weighted by Gasteiger charge is -2.22. The molecule has 4 nitrogen and oxygen atoms in total. The van der Waals surface area contributed by atoms with E-state index in [-0.39, 0.29) is 6.61 Å². The number of nitrogens with zero attached hydrogens (tertiary/aromatic N) is 2. The zero-order valence-electron chi connectivity index (χ0n) is 22.3. The van der Waals surface area contributed by atoms with Crippen LogP contribution in [0.5, 0.6) is 5.75 Å². The molecule has 0 aliphatic rings. The van der Waals surface area contributed by atoms with E-state index in [1.165, 1.54) is 46.0 Å². The van der Waals surface area contributed by atoms with Crippen LogP contribution in [0.1, 0.15) is 36.0 Å². The first-order valence-corrected chi connectivity index (χ1v) is 13.4. The summed E-state index contributed by atoms with van der Waals surface area (Å²) in [6.07, 6.45) is 4.58. The molecule has 4 aromatic carbocycles. The first kappa shape index (κ1) is 26.7. The maximum Gasteiger partial charge on any atom is 0.119 e. The lowest BCUT2D eigenvalue weighted by Crippen LogP contribution is -2.26. The van der Waals surface area contributed by atoms with Crippen LogP contribution in [-0.2, 0) is 19.5 Å². The molecule has 0 spiro atoms. The molecule has 4 rings (SSSR count). The van der Waals surface area contributed by atoms with Crippen LogP contribution in [-0.4, -0.2) is 43.9 Å². The molecular weight excluding hydrogens is 456 g/mol. The zero-order valence-corrected chi connectivity index (χ0v) is 22.3. The second-order valence-electron chi connectivity index (χ2n) is 9.98. The van der Waals surface area contributed by atoms with Crippen LogP contribution in [0.2, 0.25) is 0 Å². The lowest BCUT2D eigenvalue weighted by atomic mass is 10.1. The molecule has 1 N–H and O–H groups in total. The minimum absolute atomic E-state index is 0.149. The number of benzene rings is 4. The summed E-state index contributed by atoms with van der Waals surface area (Å²) in [5.74, 6) is 0.936. The van der Waals surface area contributed by atoms with Crippen molar-refractivity contribution in [2.45, 2.75) is 38.8 Å². The monoisotopic (exact) mass is 496 g/mol. The maximum absolute atomic E-state index is 9.62. The van der Waals surface area contributed by atoms with Crippen LogP contribution in [0.4, 0.5) is 5.69 Å². The smallest absolute Gasteiger partial charge is 0.119 e. The Morgan fingerprint density at radius 1 is 0.676 bits per heavy atom. The summed E-state index contributed by atoms with van der Waals surface area (Å²) in [4.78, 5) is 4.40. The molecule has 0 atom stereocenters. The Labute approximate surface area is 222 Å². The summed E-state index contributed by atoms with van der Waals surface area (Å²) in [6, 6.07) is 32.3. The quantitative estimate of drug-likeness (QED) is 0.197. The number of hydrogen-bond acceptors (Lipinski definition) is 4. The summed E-state index contributed by atoms with van der Waals surface area (Å²) in [5.41, 5.74) is 5.11. The third kappa shape index (κ3) is 8.34. The van der Waals surface area contributed by atoms with Gasteiger partial charge in [0.25, 0.3) is 0 Å². The van der Waals surface area contributed by atoms with Gasteiger partial charge in [0.05, 0.1) is 13.2 Å². The fourth-order valence-corrected chi connectivity index (χ4v) is 4.68. The van der Waals surface area contributed by atoms with Crippen molar-refractivity contribution in [3.8, 4) is 5.75 Å². The molecule has 0 aliphatic heterocycles. The Balaban J connectivity index is 1.28. The summed E-state index contributed by atoms with van der Waals surface area (Å²) in [7, 11) is 4.10. The standard InChI is InChI=1S/C33H40N2O2/c1-34(2)32-17-13-28(14-18-32)25-35(20-21-36)26-29-12-15-31-24-33(19-16-30(31)23-29)37-22-8-4-7-11-27-9-5-3-6-10-27/h3,5-6,9-10,12-19,23-24,36H,4,7-8,11,20-22,25-26H2,1-2H3. The fraction of sp³-hybridized carbons (Fsp3) is 0.333. The summed E-state index contributed by atoms with van der Waals surface area (Å²) in [6.45, 7) is 3.16. The number of fused-ring (bicyclic) bond motifs is 1. The number of aryl methyl sites for hydroxylation is 1. The molecule has 0 saturated heterocycles. The average Bonchev–Trinajstić information content (AvgIpc) is 2.91. The van der Waals surface area contributed by atoms with E-state index in [1.807, 2.05) is 0 Å². The minimum atomic E-state index is 0.149. The molecule has 0 amide bonds. The molecule has 0 unspecified atom stereocenters. The average molecular weight is 497 g/mol. The van der Waals surface area contributed by atoms with Crippen molar-refractivity contribution in [2.75, 3.05) is 38.8 Å². The van der Waals surface area contributed by atoms with Crippen LogP contribution < -0.4 is 9.64 Å². The van der Waals surface area contributed by atoms with E-state index in [0.29, 0.717) is 6.54 Å². The third-order valence-electron chi connectivity index (χ3n) is 6.78. The van der Waals surface area contributed by atoms with Gasteiger partial charge >= 0.3 is 0 Å².